The zero-order chi connectivity index (χ0) is 2.00. The van der Waals surface area contributed by atoms with E-state index in [1.54, 1.807) is 0 Å². The average molecular weight is 405 g/mol. The van der Waals surface area contributed by atoms with Crippen molar-refractivity contribution in [2.75, 3.05) is 0 Å². The molecule has 0 aromatic carbocycles. The molecule has 0 heterocycles. The summed E-state index contributed by atoms with van der Waals surface area (Å²) >= 11 is 2.94. The quantitative estimate of drug-likeness (QED) is 0.500. The average Bonchev–Trinajstić information content (AvgIpc) is 1.00. The van der Waals surface area contributed by atoms with E-state index in [0.29, 0.717) is 0 Å². The molecular weight excluding hydrogens is 405 g/mol. The number of hydrogen-bond acceptors (Lipinski definition) is 1. The van der Waals surface area contributed by atoms with E-state index in [1.807, 2.05) is 0 Å². The molecule has 0 bridgehead atoms. The fraction of sp³-hybridized carbons (Fsp3) is 0. The first-order chi connectivity index (χ1) is 1.00. The van der Waals surface area contributed by atoms with Crippen molar-refractivity contribution < 1.29 is 107 Å². The van der Waals surface area contributed by atoms with Crippen LogP contribution in [0, 0.1) is 71.2 Å². The van der Waals surface area contributed by atoms with E-state index >= 15 is 0 Å². The van der Waals surface area contributed by atoms with Gasteiger partial charge in [-0.15, -0.1) is 0 Å². The van der Waals surface area contributed by atoms with Gasteiger partial charge in [0, 0.05) is 0 Å². The molecule has 0 aromatic rings. The standard InChI is InChI=1S/Cu.2La.4O/q;2*+3;;3*-2. The van der Waals surface area contributed by atoms with Crippen LogP contribution < -0.4 is 0 Å². The van der Waals surface area contributed by atoms with Crippen LogP contribution in [0.5, 0.6) is 0 Å². The minimum absolute atomic E-state index is 0. The van der Waals surface area contributed by atoms with Gasteiger partial charge < -0.3 is 16.4 Å². The van der Waals surface area contributed by atoms with Gasteiger partial charge in [-0.25, -0.2) is 0 Å². The molecule has 7 heteroatoms. The van der Waals surface area contributed by atoms with E-state index in [0.717, 1.165) is 0 Å². The molecule has 7 heavy (non-hydrogen) atoms. The third kappa shape index (κ3) is 55.6. The van der Waals surface area contributed by atoms with Crippen molar-refractivity contribution in [3.63, 3.8) is 0 Å². The normalized spacial score (nSPS) is 0.857. The molecule has 0 radical (unpaired) electrons. The Bertz CT molecular complexity index is 9.65. The van der Waals surface area contributed by atoms with Gasteiger partial charge in [0.05, 0.1) is 0 Å². The predicted molar refractivity (Wildman–Crippen MR) is 2.75 cm³/mol. The topological polar surface area (TPSA) is 103 Å². The molecule has 0 atom stereocenters. The Hall–Kier alpha value is 2.59. The molecule has 0 rings (SSSR count). The van der Waals surface area contributed by atoms with E-state index in [2.05, 4.69) is 15.9 Å². The minimum atomic E-state index is 0. The van der Waals surface area contributed by atoms with E-state index < -0.39 is 0 Å². The van der Waals surface area contributed by atoms with Crippen LogP contribution in [0.4, 0.5) is 0 Å². The Kier molecular flexibility index (Phi) is 579. The molecule has 0 fully saturated rings. The van der Waals surface area contributed by atoms with Gasteiger partial charge in [0.25, 0.3) is 0 Å². The molecule has 0 aromatic heterocycles. The summed E-state index contributed by atoms with van der Waals surface area (Å²) in [6.45, 7) is 0. The molecule has 0 amide bonds. The van der Waals surface area contributed by atoms with Crippen LogP contribution in [0.1, 0.15) is 0 Å². The van der Waals surface area contributed by atoms with Crippen molar-refractivity contribution in [3.05, 3.63) is 0 Å². The van der Waals surface area contributed by atoms with Crippen LogP contribution in [0.3, 0.4) is 0 Å². The summed E-state index contributed by atoms with van der Waals surface area (Å²) in [5, 5.41) is 0. The van der Waals surface area contributed by atoms with E-state index in [-0.39, 0.29) is 87.6 Å². The van der Waals surface area contributed by atoms with Gasteiger partial charge in [-0.05, 0) is 0 Å². The molecule has 0 spiro atoms. The number of rotatable bonds is 0. The van der Waals surface area contributed by atoms with Gasteiger partial charge in [0.1, 0.15) is 0 Å². The van der Waals surface area contributed by atoms with Gasteiger partial charge in [-0.2, -0.15) is 0 Å². The SMILES string of the molecule is [La+3].[La+3].[O-2].[O-2].[O-2].[O]=[Cu]. The van der Waals surface area contributed by atoms with Crippen molar-refractivity contribution in [3.8, 4) is 0 Å². The van der Waals surface area contributed by atoms with Gasteiger partial charge in [0.2, 0.25) is 0 Å². The molecule has 0 aliphatic heterocycles. The Balaban J connectivity index is -0.000000000500. The molecule has 0 saturated carbocycles. The van der Waals surface area contributed by atoms with E-state index in [9.17, 15) is 0 Å². The second kappa shape index (κ2) is 73.8. The third-order valence-electron chi connectivity index (χ3n) is 0. The summed E-state index contributed by atoms with van der Waals surface area (Å²) in [4.78, 5) is 0. The van der Waals surface area contributed by atoms with Gasteiger partial charge in [0.15, 0.2) is 0 Å². The molecular formula is CuLa2O4. The first kappa shape index (κ1) is 54.9. The Morgan fingerprint density at radius 1 is 0.714 bits per heavy atom. The van der Waals surface area contributed by atoms with Crippen molar-refractivity contribution >= 4 is 0 Å². The molecule has 0 N–H and O–H groups in total. The second-order valence-electron chi connectivity index (χ2n) is 0. The molecule has 0 aliphatic rings. The van der Waals surface area contributed by atoms with Crippen LogP contribution in [0.2, 0.25) is 0 Å². The van der Waals surface area contributed by atoms with Crippen LogP contribution in [0.25, 0.3) is 0 Å². The van der Waals surface area contributed by atoms with Crippen molar-refractivity contribution in [1.29, 1.82) is 0 Å². The van der Waals surface area contributed by atoms with Gasteiger partial charge in [-0.1, -0.05) is 0 Å². The van der Waals surface area contributed by atoms with Gasteiger partial charge in [-0.3, -0.25) is 0 Å². The Morgan fingerprint density at radius 2 is 0.714 bits per heavy atom. The van der Waals surface area contributed by atoms with E-state index in [1.165, 1.54) is 0 Å². The zero-order valence-corrected chi connectivity index (χ0v) is 11.3. The third-order valence-corrected chi connectivity index (χ3v) is 0. The molecule has 41 valence electrons. The van der Waals surface area contributed by atoms with Crippen molar-refractivity contribution in [2.45, 2.75) is 0 Å². The maximum atomic E-state index is 7.81. The molecule has 0 unspecified atom stereocenters. The monoisotopic (exact) mass is 405 g/mol. The fourth-order valence-electron chi connectivity index (χ4n) is 0. The number of hydrogen-bond donors (Lipinski definition) is 0. The Labute approximate surface area is 105 Å². The Morgan fingerprint density at radius 3 is 0.714 bits per heavy atom. The molecule has 4 nitrogen and oxygen atoms in total. The van der Waals surface area contributed by atoms with Crippen LogP contribution >= 0.6 is 0 Å². The van der Waals surface area contributed by atoms with Crippen LogP contribution in [-0.4, -0.2) is 0 Å². The fourth-order valence-corrected chi connectivity index (χ4v) is 0. The molecule has 0 saturated heterocycles. The zero-order valence-electron chi connectivity index (χ0n) is 3.09. The van der Waals surface area contributed by atoms with Crippen LogP contribution in [-0.2, 0) is 36.2 Å². The van der Waals surface area contributed by atoms with Crippen molar-refractivity contribution in [1.82, 2.24) is 0 Å². The second-order valence-corrected chi connectivity index (χ2v) is 0. The van der Waals surface area contributed by atoms with Gasteiger partial charge >= 0.3 is 91.0 Å². The summed E-state index contributed by atoms with van der Waals surface area (Å²) < 4.78 is 7.81. The van der Waals surface area contributed by atoms with E-state index in [4.69, 9.17) is 3.83 Å². The predicted octanol–water partition coefficient (Wildman–Crippen LogP) is -0.478. The summed E-state index contributed by atoms with van der Waals surface area (Å²) in [6.07, 6.45) is 0. The first-order valence-corrected chi connectivity index (χ1v) is 0.508. The summed E-state index contributed by atoms with van der Waals surface area (Å²) in [5.74, 6) is 0. The summed E-state index contributed by atoms with van der Waals surface area (Å²) in [7, 11) is 0. The maximum absolute atomic E-state index is 7.81. The van der Waals surface area contributed by atoms with Crippen molar-refractivity contribution in [2.24, 2.45) is 0 Å². The first-order valence-electron chi connectivity index (χ1n) is 0.123. The van der Waals surface area contributed by atoms with Crippen LogP contribution in [0.15, 0.2) is 0 Å². The summed E-state index contributed by atoms with van der Waals surface area (Å²) in [6, 6.07) is 0. The summed E-state index contributed by atoms with van der Waals surface area (Å²) in [5.41, 5.74) is 0. The molecule has 0 aliphatic carbocycles.